The topological polar surface area (TPSA) is 76.7 Å². The molecule has 2 fully saturated rings. The lowest BCUT2D eigenvalue weighted by atomic mass is 9.59. The minimum atomic E-state index is -1.19. The first-order valence-corrected chi connectivity index (χ1v) is 14.3. The number of ether oxygens (including phenoxy) is 2. The highest BCUT2D eigenvalue weighted by atomic mass is 79.9. The molecule has 3 aliphatic heterocycles. The number of anilines is 1. The number of benzene rings is 3. The van der Waals surface area contributed by atoms with E-state index < -0.39 is 17.4 Å². The van der Waals surface area contributed by atoms with Gasteiger partial charge in [0.05, 0.1) is 25.9 Å². The van der Waals surface area contributed by atoms with Crippen molar-refractivity contribution in [2.24, 2.45) is 5.41 Å². The van der Waals surface area contributed by atoms with Gasteiger partial charge in [-0.25, -0.2) is 0 Å². The van der Waals surface area contributed by atoms with Crippen LogP contribution in [0.3, 0.4) is 0 Å². The van der Waals surface area contributed by atoms with E-state index in [0.717, 1.165) is 26.7 Å². The van der Waals surface area contributed by atoms with Crippen molar-refractivity contribution in [3.05, 3.63) is 91.4 Å². The molecule has 3 heterocycles. The highest BCUT2D eigenvalue weighted by Gasteiger charge is 2.62. The minimum Gasteiger partial charge on any atom is -0.493 e. The number of rotatable bonds is 5. The van der Waals surface area contributed by atoms with Crippen molar-refractivity contribution in [3.8, 4) is 5.75 Å². The minimum absolute atomic E-state index is 0.0828. The molecule has 2 amide bonds. The van der Waals surface area contributed by atoms with Crippen LogP contribution in [0.15, 0.2) is 59.1 Å². The summed E-state index contributed by atoms with van der Waals surface area (Å²) in [4.78, 5) is 27.8. The van der Waals surface area contributed by atoms with Gasteiger partial charge in [0.25, 0.3) is 0 Å². The van der Waals surface area contributed by atoms with Crippen LogP contribution in [0.25, 0.3) is 0 Å². The molecule has 1 spiro atoms. The molecule has 0 aromatic heterocycles. The van der Waals surface area contributed by atoms with Crippen LogP contribution < -0.4 is 15.4 Å². The van der Waals surface area contributed by atoms with Crippen molar-refractivity contribution in [2.75, 3.05) is 25.1 Å². The van der Waals surface area contributed by atoms with Gasteiger partial charge in [0.2, 0.25) is 11.8 Å². The predicted octanol–water partition coefficient (Wildman–Crippen LogP) is 6.71. The fraction of sp³-hybridized carbons (Fsp3) is 0.333. The molecule has 0 saturated carbocycles. The van der Waals surface area contributed by atoms with E-state index in [0.29, 0.717) is 41.3 Å². The zero-order chi connectivity index (χ0) is 27.5. The maximum Gasteiger partial charge on any atom is 0.238 e. The number of carbonyl (C=O) groups excluding carboxylic acids is 2. The maximum atomic E-state index is 14.4. The first kappa shape index (κ1) is 26.6. The summed E-state index contributed by atoms with van der Waals surface area (Å²) in [6, 6.07) is 16.1. The maximum absolute atomic E-state index is 14.4. The van der Waals surface area contributed by atoms with Crippen LogP contribution in [0, 0.1) is 12.3 Å². The van der Waals surface area contributed by atoms with Crippen LogP contribution in [0.5, 0.6) is 5.75 Å². The van der Waals surface area contributed by atoms with Gasteiger partial charge < -0.3 is 20.1 Å². The third kappa shape index (κ3) is 4.44. The van der Waals surface area contributed by atoms with E-state index >= 15 is 0 Å². The number of halogens is 3. The average Bonchev–Trinajstić information content (AvgIpc) is 3.16. The molecule has 2 unspecified atom stereocenters. The molecule has 3 aliphatic rings. The standard InChI is InChI=1S/C30H27BrCl2N2O4/c1-16-3-5-18(32)10-20(16)27-30(22-7-6-19(33)11-24(22)34-28(30)37)23(12-26(36)35-27)21-9-17(31)4-8-25(21)39-15-29(2)13-38-14-29/h3-11,23,27H,12-15H2,1-2H3,(H,34,37)(H,35,36)/t23?,27?,30-/m1/s1. The summed E-state index contributed by atoms with van der Waals surface area (Å²) >= 11 is 16.4. The summed E-state index contributed by atoms with van der Waals surface area (Å²) in [5.74, 6) is -0.271. The highest BCUT2D eigenvalue weighted by molar-refractivity contribution is 9.10. The van der Waals surface area contributed by atoms with Gasteiger partial charge in [-0.3, -0.25) is 9.59 Å². The molecule has 9 heteroatoms. The van der Waals surface area contributed by atoms with E-state index in [2.05, 4.69) is 33.5 Å². The van der Waals surface area contributed by atoms with E-state index in [1.165, 1.54) is 0 Å². The van der Waals surface area contributed by atoms with Crippen molar-refractivity contribution < 1.29 is 19.1 Å². The molecule has 3 aromatic rings. The molecule has 3 aromatic carbocycles. The van der Waals surface area contributed by atoms with Gasteiger partial charge in [-0.2, -0.15) is 0 Å². The van der Waals surface area contributed by atoms with Crippen molar-refractivity contribution in [2.45, 2.75) is 37.6 Å². The van der Waals surface area contributed by atoms with Gasteiger partial charge in [0.1, 0.15) is 11.2 Å². The molecule has 202 valence electrons. The Kier molecular flexibility index (Phi) is 6.70. The Morgan fingerprint density at radius 2 is 1.77 bits per heavy atom. The Hall–Kier alpha value is -2.58. The molecule has 2 saturated heterocycles. The van der Waals surface area contributed by atoms with E-state index in [1.807, 2.05) is 49.4 Å². The number of carbonyl (C=O) groups is 2. The number of nitrogens with one attached hydrogen (secondary N) is 2. The number of hydrogen-bond acceptors (Lipinski definition) is 4. The number of amides is 2. The summed E-state index contributed by atoms with van der Waals surface area (Å²) < 4.78 is 12.7. The summed E-state index contributed by atoms with van der Waals surface area (Å²) in [5, 5.41) is 7.29. The third-order valence-corrected chi connectivity index (χ3v) is 9.09. The molecule has 6 nitrogen and oxygen atoms in total. The Morgan fingerprint density at radius 3 is 2.51 bits per heavy atom. The van der Waals surface area contributed by atoms with E-state index in [9.17, 15) is 9.59 Å². The summed E-state index contributed by atoms with van der Waals surface area (Å²) in [5.41, 5.74) is 2.63. The number of hydrogen-bond donors (Lipinski definition) is 2. The van der Waals surface area contributed by atoms with Crippen LogP contribution in [0.4, 0.5) is 5.69 Å². The fourth-order valence-corrected chi connectivity index (χ4v) is 6.88. The van der Waals surface area contributed by atoms with Gasteiger partial charge >= 0.3 is 0 Å². The molecule has 0 radical (unpaired) electrons. The van der Waals surface area contributed by atoms with Crippen LogP contribution in [-0.4, -0.2) is 31.6 Å². The van der Waals surface area contributed by atoms with Crippen LogP contribution in [0.1, 0.15) is 47.6 Å². The number of aryl methyl sites for hydroxylation is 1. The van der Waals surface area contributed by atoms with Crippen LogP contribution >= 0.6 is 39.1 Å². The Bertz CT molecular complexity index is 1510. The smallest absolute Gasteiger partial charge is 0.238 e. The molecule has 0 bridgehead atoms. The second-order valence-electron chi connectivity index (χ2n) is 11.0. The van der Waals surface area contributed by atoms with Crippen molar-refractivity contribution >= 4 is 56.6 Å². The zero-order valence-electron chi connectivity index (χ0n) is 21.4. The SMILES string of the molecule is Cc1ccc(Cl)cc1C1NC(=O)CC(c2cc(Br)ccc2OCC2(C)COC2)[C@@]12C(=O)Nc1cc(Cl)ccc12. The largest absolute Gasteiger partial charge is 0.493 e. The lowest BCUT2D eigenvalue weighted by molar-refractivity contribution is -0.131. The van der Waals surface area contributed by atoms with Crippen molar-refractivity contribution in [1.29, 1.82) is 0 Å². The zero-order valence-corrected chi connectivity index (χ0v) is 24.5. The van der Waals surface area contributed by atoms with Gasteiger partial charge in [0.15, 0.2) is 0 Å². The van der Waals surface area contributed by atoms with Crippen LogP contribution in [-0.2, 0) is 19.7 Å². The lowest BCUT2D eigenvalue weighted by Gasteiger charge is -2.47. The third-order valence-electron chi connectivity index (χ3n) is 8.13. The summed E-state index contributed by atoms with van der Waals surface area (Å²) in [6.07, 6.45) is 0.0960. The van der Waals surface area contributed by atoms with Crippen molar-refractivity contribution in [1.82, 2.24) is 5.32 Å². The molecule has 0 aliphatic carbocycles. The van der Waals surface area contributed by atoms with Gasteiger partial charge in [-0.15, -0.1) is 0 Å². The fourth-order valence-electron chi connectivity index (χ4n) is 6.15. The molecule has 2 N–H and O–H groups in total. The number of piperidine rings is 1. The quantitative estimate of drug-likeness (QED) is 0.329. The molecular weight excluding hydrogens is 603 g/mol. The molecule has 3 atom stereocenters. The predicted molar refractivity (Wildman–Crippen MR) is 155 cm³/mol. The number of fused-ring (bicyclic) bond motifs is 2. The molecular formula is C30H27BrCl2N2O4. The average molecular weight is 630 g/mol. The van der Waals surface area contributed by atoms with Gasteiger partial charge in [-0.05, 0) is 66.1 Å². The molecule has 39 heavy (non-hydrogen) atoms. The van der Waals surface area contributed by atoms with Crippen LogP contribution in [0.2, 0.25) is 10.0 Å². The first-order valence-electron chi connectivity index (χ1n) is 12.8. The Labute approximate surface area is 245 Å². The first-order chi connectivity index (χ1) is 18.6. The lowest BCUT2D eigenvalue weighted by Crippen LogP contribution is -2.57. The van der Waals surface area contributed by atoms with Gasteiger partial charge in [-0.1, -0.05) is 58.2 Å². The Morgan fingerprint density at radius 1 is 1.03 bits per heavy atom. The normalized spacial score (nSPS) is 25.1. The second kappa shape index (κ2) is 9.81. The van der Waals surface area contributed by atoms with Gasteiger partial charge in [0, 0.05) is 43.5 Å². The van der Waals surface area contributed by atoms with Crippen molar-refractivity contribution in [3.63, 3.8) is 0 Å². The monoisotopic (exact) mass is 628 g/mol. The highest BCUT2D eigenvalue weighted by Crippen LogP contribution is 2.59. The summed E-state index contributed by atoms with van der Waals surface area (Å²) in [6.45, 7) is 5.79. The second-order valence-corrected chi connectivity index (χ2v) is 12.8. The van der Waals surface area contributed by atoms with E-state index in [1.54, 1.807) is 12.1 Å². The van der Waals surface area contributed by atoms with E-state index in [4.69, 9.17) is 32.7 Å². The Balaban J connectivity index is 1.58. The molecule has 6 rings (SSSR count). The summed E-state index contributed by atoms with van der Waals surface area (Å²) in [7, 11) is 0. The van der Waals surface area contributed by atoms with E-state index in [-0.39, 0.29) is 23.7 Å².